The molecular weight excluding hydrogens is 292 g/mol. The number of hydrazone groups is 1. The molecule has 2 aromatic carbocycles. The molecule has 0 aromatic heterocycles. The van der Waals surface area contributed by atoms with E-state index in [1.54, 1.807) is 0 Å². The van der Waals surface area contributed by atoms with Crippen molar-refractivity contribution in [3.63, 3.8) is 0 Å². The lowest BCUT2D eigenvalue weighted by Gasteiger charge is -2.08. The summed E-state index contributed by atoms with van der Waals surface area (Å²) in [5.41, 5.74) is -0.713. The van der Waals surface area contributed by atoms with Crippen LogP contribution in [0.5, 0.6) is 5.75 Å². The Morgan fingerprint density at radius 1 is 1.05 bits per heavy atom. The normalized spacial score (nSPS) is 11.2. The van der Waals surface area contributed by atoms with Crippen molar-refractivity contribution in [3.8, 4) is 5.75 Å². The highest BCUT2D eigenvalue weighted by molar-refractivity contribution is 6.16. The predicted octanol–water partition coefficient (Wildman–Crippen LogP) is 1.92. The number of benzene rings is 2. The average Bonchev–Trinajstić information content (AvgIpc) is 2.50. The van der Waals surface area contributed by atoms with Gasteiger partial charge in [-0.25, -0.2) is 0 Å². The van der Waals surface area contributed by atoms with Crippen LogP contribution in [0.15, 0.2) is 47.6 Å². The lowest BCUT2D eigenvalue weighted by Crippen LogP contribution is -2.10. The molecule has 0 heterocycles. The molecule has 0 aliphatic carbocycles. The lowest BCUT2D eigenvalue weighted by atomic mass is 9.99. The first-order valence-corrected chi connectivity index (χ1v) is 5.95. The van der Waals surface area contributed by atoms with Gasteiger partial charge in [0.05, 0.1) is 21.0 Å². The van der Waals surface area contributed by atoms with E-state index in [1.807, 2.05) is 0 Å². The average molecular weight is 302 g/mol. The van der Waals surface area contributed by atoms with Crippen LogP contribution in [0.25, 0.3) is 0 Å². The van der Waals surface area contributed by atoms with Gasteiger partial charge in [0, 0.05) is 18.2 Å². The zero-order chi connectivity index (χ0) is 16.3. The van der Waals surface area contributed by atoms with Crippen LogP contribution in [-0.2, 0) is 0 Å². The van der Waals surface area contributed by atoms with Crippen LogP contribution in [0, 0.1) is 20.2 Å². The Balaban J connectivity index is 2.67. The maximum Gasteiger partial charge on any atom is 0.278 e. The number of nitro benzene ring substituents is 2. The summed E-state index contributed by atoms with van der Waals surface area (Å²) in [6, 6.07) is 8.89. The smallest absolute Gasteiger partial charge is 0.278 e. The largest absolute Gasteiger partial charge is 0.507 e. The monoisotopic (exact) mass is 302 g/mol. The molecule has 0 unspecified atom stereocenters. The molecule has 9 nitrogen and oxygen atoms in total. The summed E-state index contributed by atoms with van der Waals surface area (Å²) in [6.45, 7) is 0. The fourth-order valence-corrected chi connectivity index (χ4v) is 1.94. The van der Waals surface area contributed by atoms with Gasteiger partial charge in [0.2, 0.25) is 0 Å². The Morgan fingerprint density at radius 2 is 1.73 bits per heavy atom. The van der Waals surface area contributed by atoms with Crippen molar-refractivity contribution in [1.82, 2.24) is 0 Å². The third-order valence-electron chi connectivity index (χ3n) is 2.93. The summed E-state index contributed by atoms with van der Waals surface area (Å²) in [5, 5.41) is 35.2. The molecule has 0 spiro atoms. The Kier molecular flexibility index (Phi) is 3.98. The van der Waals surface area contributed by atoms with E-state index in [9.17, 15) is 25.3 Å². The van der Waals surface area contributed by atoms with Crippen LogP contribution in [0.4, 0.5) is 11.4 Å². The molecular formula is C13H10N4O5. The summed E-state index contributed by atoms with van der Waals surface area (Å²) >= 11 is 0. The Morgan fingerprint density at radius 3 is 2.32 bits per heavy atom. The van der Waals surface area contributed by atoms with Crippen molar-refractivity contribution in [1.29, 1.82) is 0 Å². The molecule has 2 rings (SSSR count). The van der Waals surface area contributed by atoms with Crippen molar-refractivity contribution < 1.29 is 15.0 Å². The van der Waals surface area contributed by atoms with Gasteiger partial charge < -0.3 is 10.9 Å². The minimum absolute atomic E-state index is 0.0470. The minimum Gasteiger partial charge on any atom is -0.507 e. The first-order valence-electron chi connectivity index (χ1n) is 5.95. The number of hydrogen-bond acceptors (Lipinski definition) is 7. The van der Waals surface area contributed by atoms with Crippen LogP contribution in [0.2, 0.25) is 0 Å². The second-order valence-corrected chi connectivity index (χ2v) is 4.21. The number of hydrogen-bond donors (Lipinski definition) is 2. The third kappa shape index (κ3) is 2.68. The van der Waals surface area contributed by atoms with Crippen LogP contribution < -0.4 is 5.84 Å². The first kappa shape index (κ1) is 14.9. The highest BCUT2D eigenvalue weighted by Gasteiger charge is 2.23. The van der Waals surface area contributed by atoms with Crippen LogP contribution in [0.3, 0.4) is 0 Å². The minimum atomic E-state index is -0.656. The Bertz CT molecular complexity index is 788. The zero-order valence-electron chi connectivity index (χ0n) is 11.0. The summed E-state index contributed by atoms with van der Waals surface area (Å²) in [4.78, 5) is 20.6. The van der Waals surface area contributed by atoms with Gasteiger partial charge >= 0.3 is 0 Å². The molecule has 0 saturated carbocycles. The second kappa shape index (κ2) is 5.87. The third-order valence-corrected chi connectivity index (χ3v) is 2.93. The molecule has 0 aliphatic heterocycles. The second-order valence-electron chi connectivity index (χ2n) is 4.21. The molecule has 0 amide bonds. The van der Waals surface area contributed by atoms with Gasteiger partial charge in [0.15, 0.2) is 0 Å². The predicted molar refractivity (Wildman–Crippen MR) is 77.7 cm³/mol. The number of nitrogens with zero attached hydrogens (tertiary/aromatic N) is 3. The molecule has 0 saturated heterocycles. The number of non-ortho nitro benzene ring substituents is 1. The topological polar surface area (TPSA) is 145 Å². The number of rotatable bonds is 4. The molecule has 112 valence electrons. The molecule has 3 N–H and O–H groups in total. The number of phenols is 1. The van der Waals surface area contributed by atoms with Gasteiger partial charge in [-0.15, -0.1) is 0 Å². The standard InChI is InChI=1S/C13H10N4O5/c14-15-13(9-3-1-2-4-11(9)17(21)22)10-7-8(16(19)20)5-6-12(10)18/h1-7,18H,14H2/b15-13-. The molecule has 9 heteroatoms. The number of nitrogens with two attached hydrogens (primary N) is 1. The van der Waals surface area contributed by atoms with Crippen molar-refractivity contribution in [3.05, 3.63) is 73.8 Å². The number of nitro groups is 2. The summed E-state index contributed by atoms with van der Waals surface area (Å²) in [7, 11) is 0. The van der Waals surface area contributed by atoms with Crippen molar-refractivity contribution in [2.75, 3.05) is 0 Å². The van der Waals surface area contributed by atoms with E-state index < -0.39 is 9.85 Å². The zero-order valence-corrected chi connectivity index (χ0v) is 11.0. The molecule has 0 bridgehead atoms. The summed E-state index contributed by atoms with van der Waals surface area (Å²) in [5.74, 6) is 4.96. The fourth-order valence-electron chi connectivity index (χ4n) is 1.94. The highest BCUT2D eigenvalue weighted by atomic mass is 16.6. The van der Waals surface area contributed by atoms with Gasteiger partial charge in [-0.3, -0.25) is 20.2 Å². The van der Waals surface area contributed by atoms with Gasteiger partial charge in [-0.05, 0) is 12.1 Å². The van der Waals surface area contributed by atoms with Crippen molar-refractivity contribution in [2.45, 2.75) is 0 Å². The van der Waals surface area contributed by atoms with E-state index in [2.05, 4.69) is 5.10 Å². The van der Waals surface area contributed by atoms with Crippen LogP contribution in [0.1, 0.15) is 11.1 Å². The SMILES string of the molecule is N/N=C(\c1cc([N+](=O)[O-])ccc1O)c1ccccc1[N+](=O)[O-]. The highest BCUT2D eigenvalue weighted by Crippen LogP contribution is 2.29. The van der Waals surface area contributed by atoms with Crippen LogP contribution in [-0.4, -0.2) is 20.7 Å². The van der Waals surface area contributed by atoms with Gasteiger partial charge in [-0.2, -0.15) is 5.10 Å². The molecule has 0 atom stereocenters. The quantitative estimate of drug-likeness (QED) is 0.382. The number of para-hydroxylation sites is 1. The number of phenolic OH excluding ortho intramolecular Hbond substituents is 1. The maximum atomic E-state index is 11.1. The lowest BCUT2D eigenvalue weighted by molar-refractivity contribution is -0.385. The van der Waals surface area contributed by atoms with Gasteiger partial charge in [-0.1, -0.05) is 12.1 Å². The molecule has 0 aliphatic rings. The van der Waals surface area contributed by atoms with E-state index >= 15 is 0 Å². The fraction of sp³-hybridized carbons (Fsp3) is 0. The van der Waals surface area contributed by atoms with E-state index in [-0.39, 0.29) is 34.0 Å². The molecule has 0 radical (unpaired) electrons. The molecule has 22 heavy (non-hydrogen) atoms. The first-order chi connectivity index (χ1) is 10.5. The summed E-state index contributed by atoms with van der Waals surface area (Å²) in [6.07, 6.45) is 0. The maximum absolute atomic E-state index is 11.1. The summed E-state index contributed by atoms with van der Waals surface area (Å²) < 4.78 is 0. The van der Waals surface area contributed by atoms with E-state index in [1.165, 1.54) is 24.3 Å². The van der Waals surface area contributed by atoms with Gasteiger partial charge in [0.1, 0.15) is 11.5 Å². The van der Waals surface area contributed by atoms with Crippen molar-refractivity contribution >= 4 is 17.1 Å². The van der Waals surface area contributed by atoms with E-state index in [0.29, 0.717) is 0 Å². The molecule has 0 fully saturated rings. The van der Waals surface area contributed by atoms with Gasteiger partial charge in [0.25, 0.3) is 11.4 Å². The Hall–Kier alpha value is -3.49. The van der Waals surface area contributed by atoms with Crippen LogP contribution >= 0.6 is 0 Å². The Labute approximate surface area is 123 Å². The van der Waals surface area contributed by atoms with Crippen molar-refractivity contribution in [2.24, 2.45) is 10.9 Å². The molecule has 2 aromatic rings. The van der Waals surface area contributed by atoms with E-state index in [4.69, 9.17) is 5.84 Å². The number of aromatic hydroxyl groups is 1. The van der Waals surface area contributed by atoms with E-state index in [0.717, 1.165) is 18.2 Å².